The van der Waals surface area contributed by atoms with Gasteiger partial charge in [0.15, 0.2) is 4.96 Å². The lowest BCUT2D eigenvalue weighted by Crippen LogP contribution is -2.61. The minimum Gasteiger partial charge on any atom is -0.406 e. The molecule has 2 aromatic heterocycles. The number of thiazole rings is 1. The van der Waals surface area contributed by atoms with E-state index in [0.717, 1.165) is 53.4 Å². The van der Waals surface area contributed by atoms with Crippen molar-refractivity contribution >= 4 is 27.9 Å². The molecule has 1 spiro atoms. The number of alkyl halides is 3. The second-order valence-corrected chi connectivity index (χ2v) is 10.9. The van der Waals surface area contributed by atoms with Crippen molar-refractivity contribution in [1.82, 2.24) is 14.7 Å². The van der Waals surface area contributed by atoms with Gasteiger partial charge >= 0.3 is 6.36 Å². The maximum atomic E-state index is 12.7. The second-order valence-electron chi connectivity index (χ2n) is 10.0. The molecule has 6 rings (SSSR count). The molecule has 4 aromatic rings. The molecule has 10 heteroatoms. The number of ether oxygens (including phenoxy) is 1. The Hall–Kier alpha value is -3.53. The fraction of sp³-hybridized carbons (Fsp3) is 0.333. The summed E-state index contributed by atoms with van der Waals surface area (Å²) in [5, 5.41) is 4.91. The number of amides is 1. The van der Waals surface area contributed by atoms with Gasteiger partial charge in [-0.3, -0.25) is 9.20 Å². The fourth-order valence-electron chi connectivity index (χ4n) is 5.63. The summed E-state index contributed by atoms with van der Waals surface area (Å²) in [6.45, 7) is 4.24. The van der Waals surface area contributed by atoms with E-state index < -0.39 is 6.36 Å². The molecule has 2 aliphatic rings. The molecule has 1 aliphatic carbocycles. The maximum Gasteiger partial charge on any atom is 0.573 e. The van der Waals surface area contributed by atoms with Gasteiger partial charge in [0.2, 0.25) is 0 Å². The Labute approximate surface area is 215 Å². The molecular formula is C27H25F3N4O2S. The standard InChI is InChI=1S/C27H25F3N4O2S/c1-17-23(34-10-11-37-25(34)32-17)24(35)31-14-18-2-6-21(7-3-18)33-15-26(16-33)12-20(13-26)19-4-8-22(9-5-19)36-27(28,29)30/h2-11,20H,12-16H2,1H3,(H,31,35). The number of carbonyl (C=O) groups excluding carboxylic acids is 1. The van der Waals surface area contributed by atoms with Gasteiger partial charge in [0.25, 0.3) is 5.91 Å². The molecule has 3 heterocycles. The van der Waals surface area contributed by atoms with E-state index in [4.69, 9.17) is 0 Å². The van der Waals surface area contributed by atoms with Crippen molar-refractivity contribution in [2.24, 2.45) is 5.41 Å². The first-order valence-corrected chi connectivity index (χ1v) is 13.0. The van der Waals surface area contributed by atoms with Crippen LogP contribution in [0, 0.1) is 12.3 Å². The third-order valence-corrected chi connectivity index (χ3v) is 8.16. The highest BCUT2D eigenvalue weighted by Crippen LogP contribution is 2.56. The van der Waals surface area contributed by atoms with Crippen LogP contribution in [0.4, 0.5) is 18.9 Å². The Bertz CT molecular complexity index is 1430. The van der Waals surface area contributed by atoms with Crippen LogP contribution in [-0.2, 0) is 6.54 Å². The molecule has 0 atom stereocenters. The quantitative estimate of drug-likeness (QED) is 0.339. The van der Waals surface area contributed by atoms with Crippen LogP contribution in [-0.4, -0.2) is 34.7 Å². The molecule has 1 aliphatic heterocycles. The number of aromatic nitrogens is 2. The van der Waals surface area contributed by atoms with Crippen LogP contribution < -0.4 is 15.0 Å². The van der Waals surface area contributed by atoms with Gasteiger partial charge in [-0.05, 0) is 61.1 Å². The average Bonchev–Trinajstić information content (AvgIpc) is 3.36. The van der Waals surface area contributed by atoms with Crippen LogP contribution in [0.15, 0.2) is 60.1 Å². The third kappa shape index (κ3) is 4.66. The lowest BCUT2D eigenvalue weighted by Gasteiger charge is -2.60. The molecule has 2 fully saturated rings. The van der Waals surface area contributed by atoms with E-state index >= 15 is 0 Å². The van der Waals surface area contributed by atoms with Gasteiger partial charge in [-0.1, -0.05) is 24.3 Å². The zero-order valence-electron chi connectivity index (χ0n) is 20.1. The van der Waals surface area contributed by atoms with Gasteiger partial charge in [-0.2, -0.15) is 0 Å². The van der Waals surface area contributed by atoms with E-state index in [2.05, 4.69) is 32.1 Å². The van der Waals surface area contributed by atoms with Crippen molar-refractivity contribution in [1.29, 1.82) is 0 Å². The van der Waals surface area contributed by atoms with Gasteiger partial charge in [0.05, 0.1) is 5.69 Å². The lowest BCUT2D eigenvalue weighted by molar-refractivity contribution is -0.274. The summed E-state index contributed by atoms with van der Waals surface area (Å²) in [6, 6.07) is 14.5. The largest absolute Gasteiger partial charge is 0.573 e. The Morgan fingerprint density at radius 3 is 2.51 bits per heavy atom. The Morgan fingerprint density at radius 2 is 1.84 bits per heavy atom. The topological polar surface area (TPSA) is 58.9 Å². The number of fused-ring (bicyclic) bond motifs is 1. The maximum absolute atomic E-state index is 12.7. The number of nitrogens with one attached hydrogen (secondary N) is 1. The van der Waals surface area contributed by atoms with Crippen molar-refractivity contribution in [2.75, 3.05) is 18.0 Å². The normalized spacial score (nSPS) is 17.0. The van der Waals surface area contributed by atoms with Gasteiger partial charge < -0.3 is 15.0 Å². The monoisotopic (exact) mass is 526 g/mol. The van der Waals surface area contributed by atoms with Crippen LogP contribution in [0.25, 0.3) is 4.96 Å². The zero-order valence-corrected chi connectivity index (χ0v) is 20.9. The minimum absolute atomic E-state index is 0.140. The third-order valence-electron chi connectivity index (χ3n) is 7.40. The number of benzene rings is 2. The van der Waals surface area contributed by atoms with Crippen LogP contribution in [0.1, 0.15) is 46.1 Å². The molecule has 0 radical (unpaired) electrons. The number of imidazole rings is 1. The average molecular weight is 527 g/mol. The number of rotatable bonds is 6. The van der Waals surface area contributed by atoms with Gasteiger partial charge in [0, 0.05) is 42.3 Å². The van der Waals surface area contributed by atoms with Crippen LogP contribution in [0.2, 0.25) is 0 Å². The molecule has 1 amide bonds. The van der Waals surface area contributed by atoms with Crippen LogP contribution >= 0.6 is 11.3 Å². The van der Waals surface area contributed by atoms with Gasteiger partial charge in [-0.25, -0.2) is 4.98 Å². The first-order valence-electron chi connectivity index (χ1n) is 12.1. The first-order chi connectivity index (χ1) is 17.7. The van der Waals surface area contributed by atoms with Crippen molar-refractivity contribution in [3.05, 3.63) is 82.6 Å². The highest BCUT2D eigenvalue weighted by atomic mass is 32.1. The number of hydrogen-bond acceptors (Lipinski definition) is 5. The summed E-state index contributed by atoms with van der Waals surface area (Å²) in [7, 11) is 0. The van der Waals surface area contributed by atoms with Crippen LogP contribution in [0.5, 0.6) is 5.75 Å². The Balaban J connectivity index is 0.988. The van der Waals surface area contributed by atoms with Crippen molar-refractivity contribution in [3.63, 3.8) is 0 Å². The van der Waals surface area contributed by atoms with Crippen molar-refractivity contribution in [3.8, 4) is 5.75 Å². The fourth-order valence-corrected chi connectivity index (χ4v) is 6.39. The van der Waals surface area contributed by atoms with Gasteiger partial charge in [0.1, 0.15) is 11.4 Å². The number of nitrogens with zero attached hydrogens (tertiary/aromatic N) is 3. The van der Waals surface area contributed by atoms with E-state index in [-0.39, 0.29) is 17.1 Å². The number of aryl methyl sites for hydroxylation is 1. The molecule has 37 heavy (non-hydrogen) atoms. The predicted octanol–water partition coefficient (Wildman–Crippen LogP) is 5.92. The van der Waals surface area contributed by atoms with E-state index in [1.165, 1.54) is 23.5 Å². The number of halogens is 3. The number of hydrogen-bond donors (Lipinski definition) is 1. The summed E-state index contributed by atoms with van der Waals surface area (Å²) < 4.78 is 42.9. The summed E-state index contributed by atoms with van der Waals surface area (Å²) in [6.07, 6.45) is -0.728. The first kappa shape index (κ1) is 23.8. The lowest BCUT2D eigenvalue weighted by atomic mass is 9.56. The summed E-state index contributed by atoms with van der Waals surface area (Å²) in [5.41, 5.74) is 4.83. The summed E-state index contributed by atoms with van der Waals surface area (Å²) in [5.74, 6) is 0.0573. The van der Waals surface area contributed by atoms with Gasteiger partial charge in [-0.15, -0.1) is 24.5 Å². The summed E-state index contributed by atoms with van der Waals surface area (Å²) >= 11 is 1.50. The second kappa shape index (κ2) is 8.79. The molecule has 1 N–H and O–H groups in total. The number of anilines is 1. The van der Waals surface area contributed by atoms with Crippen molar-refractivity contribution < 1.29 is 22.7 Å². The van der Waals surface area contributed by atoms with Crippen molar-refractivity contribution in [2.45, 2.75) is 38.6 Å². The predicted molar refractivity (Wildman–Crippen MR) is 135 cm³/mol. The molecule has 1 saturated heterocycles. The Morgan fingerprint density at radius 1 is 1.14 bits per heavy atom. The molecule has 192 valence electrons. The van der Waals surface area contributed by atoms with E-state index in [9.17, 15) is 18.0 Å². The highest BCUT2D eigenvalue weighted by Gasteiger charge is 2.52. The minimum atomic E-state index is -4.67. The Kier molecular flexibility index (Phi) is 5.67. The SMILES string of the molecule is Cc1nc2sccn2c1C(=O)NCc1ccc(N2CC3(CC(c4ccc(OC(F)(F)F)cc4)C3)C2)cc1. The molecule has 0 bridgehead atoms. The molecule has 1 saturated carbocycles. The van der Waals surface area contributed by atoms with E-state index in [0.29, 0.717) is 18.2 Å². The van der Waals surface area contributed by atoms with Crippen LogP contribution in [0.3, 0.4) is 0 Å². The molecular weight excluding hydrogens is 501 g/mol. The zero-order chi connectivity index (χ0) is 25.8. The van der Waals surface area contributed by atoms with E-state index in [1.54, 1.807) is 12.1 Å². The number of carbonyl (C=O) groups is 1. The highest BCUT2D eigenvalue weighted by molar-refractivity contribution is 7.15. The molecule has 2 aromatic carbocycles. The smallest absolute Gasteiger partial charge is 0.406 e. The van der Waals surface area contributed by atoms with E-state index in [1.807, 2.05) is 35.0 Å². The summed E-state index contributed by atoms with van der Waals surface area (Å²) in [4.78, 5) is 20.3. The molecule has 6 nitrogen and oxygen atoms in total. The molecule has 0 unspecified atom stereocenters.